The Bertz CT molecular complexity index is 1200. The molecule has 166 valence electrons. The lowest BCUT2D eigenvalue weighted by molar-refractivity contribution is -0.138. The molecule has 3 aromatic rings. The van der Waals surface area contributed by atoms with Gasteiger partial charge in [0.2, 0.25) is 5.91 Å². The first-order valence-electron chi connectivity index (χ1n) is 10.1. The van der Waals surface area contributed by atoms with E-state index < -0.39 is 23.4 Å². The SMILES string of the molecule is CCCn1c(SCC(=O)NN2C(=O)NC(C)(c3ccccc3)C2=O)nc2cc(Cl)ccc21. The van der Waals surface area contributed by atoms with E-state index in [9.17, 15) is 14.4 Å². The molecule has 0 saturated carbocycles. The van der Waals surface area contributed by atoms with Gasteiger partial charge in [-0.15, -0.1) is 0 Å². The molecule has 4 rings (SSSR count). The number of imide groups is 1. The molecule has 2 aromatic carbocycles. The smallest absolute Gasteiger partial charge is 0.319 e. The number of hydrogen-bond acceptors (Lipinski definition) is 5. The number of hydrazine groups is 1. The van der Waals surface area contributed by atoms with Crippen molar-refractivity contribution in [3.63, 3.8) is 0 Å². The Balaban J connectivity index is 1.46. The molecular weight excluding hydrogens is 450 g/mol. The number of imidazole rings is 1. The van der Waals surface area contributed by atoms with Gasteiger partial charge in [0.15, 0.2) is 5.16 Å². The standard InChI is InChI=1S/C22H22ClN5O3S/c1-3-11-27-17-10-9-15(23)12-16(17)24-21(27)32-13-18(29)26-28-19(30)22(2,25-20(28)31)14-7-5-4-6-8-14/h4-10,12H,3,11,13H2,1-2H3,(H,25,31)(H,26,29). The van der Waals surface area contributed by atoms with Crippen molar-refractivity contribution >= 4 is 52.2 Å². The first-order chi connectivity index (χ1) is 15.3. The summed E-state index contributed by atoms with van der Waals surface area (Å²) in [4.78, 5) is 42.5. The summed E-state index contributed by atoms with van der Waals surface area (Å²) in [5.41, 5.74) is 3.50. The molecule has 2 N–H and O–H groups in total. The predicted octanol–water partition coefficient (Wildman–Crippen LogP) is 3.69. The van der Waals surface area contributed by atoms with E-state index >= 15 is 0 Å². The van der Waals surface area contributed by atoms with Crippen LogP contribution in [0.3, 0.4) is 0 Å². The molecule has 32 heavy (non-hydrogen) atoms. The average Bonchev–Trinajstić information content (AvgIpc) is 3.22. The molecule has 2 heterocycles. The molecule has 0 radical (unpaired) electrons. The maximum absolute atomic E-state index is 12.9. The molecule has 1 aromatic heterocycles. The van der Waals surface area contributed by atoms with Crippen LogP contribution in [0, 0.1) is 0 Å². The summed E-state index contributed by atoms with van der Waals surface area (Å²) in [6, 6.07) is 13.7. The first-order valence-corrected chi connectivity index (χ1v) is 11.5. The molecule has 8 nitrogen and oxygen atoms in total. The minimum Gasteiger partial charge on any atom is -0.319 e. The predicted molar refractivity (Wildman–Crippen MR) is 123 cm³/mol. The first kappa shape index (κ1) is 22.2. The summed E-state index contributed by atoms with van der Waals surface area (Å²) in [6.07, 6.45) is 0.897. The fraction of sp³-hybridized carbons (Fsp3) is 0.273. The maximum Gasteiger partial charge on any atom is 0.344 e. The summed E-state index contributed by atoms with van der Waals surface area (Å²) < 4.78 is 2.03. The molecule has 0 bridgehead atoms. The summed E-state index contributed by atoms with van der Waals surface area (Å²) >= 11 is 7.32. The number of hydrogen-bond donors (Lipinski definition) is 2. The normalized spacial score (nSPS) is 18.3. The zero-order valence-corrected chi connectivity index (χ0v) is 19.2. The second-order valence-corrected chi connectivity index (χ2v) is 8.94. The highest BCUT2D eigenvalue weighted by molar-refractivity contribution is 7.99. The van der Waals surface area contributed by atoms with E-state index in [0.717, 1.165) is 29.0 Å². The van der Waals surface area contributed by atoms with Crippen molar-refractivity contribution in [1.82, 2.24) is 25.3 Å². The second-order valence-electron chi connectivity index (χ2n) is 7.56. The van der Waals surface area contributed by atoms with Crippen LogP contribution in [-0.4, -0.2) is 38.2 Å². The number of rotatable bonds is 7. The van der Waals surface area contributed by atoms with Crippen molar-refractivity contribution < 1.29 is 14.4 Å². The number of halogens is 1. The van der Waals surface area contributed by atoms with Crippen LogP contribution < -0.4 is 10.7 Å². The third kappa shape index (κ3) is 4.05. The lowest BCUT2D eigenvalue weighted by Gasteiger charge is -2.22. The summed E-state index contributed by atoms with van der Waals surface area (Å²) in [6.45, 7) is 4.41. The second kappa shape index (κ2) is 8.84. The number of nitrogens with one attached hydrogen (secondary N) is 2. The number of carbonyl (C=O) groups excluding carboxylic acids is 3. The van der Waals surface area contributed by atoms with Crippen LogP contribution in [0.4, 0.5) is 4.79 Å². The monoisotopic (exact) mass is 471 g/mol. The fourth-order valence-electron chi connectivity index (χ4n) is 3.63. The number of aromatic nitrogens is 2. The highest BCUT2D eigenvalue weighted by Crippen LogP contribution is 2.29. The van der Waals surface area contributed by atoms with Crippen molar-refractivity contribution in [2.75, 3.05) is 5.75 Å². The van der Waals surface area contributed by atoms with Crippen LogP contribution in [0.25, 0.3) is 11.0 Å². The zero-order valence-electron chi connectivity index (χ0n) is 17.6. The number of carbonyl (C=O) groups is 3. The molecule has 1 fully saturated rings. The molecular formula is C22H22ClN5O3S. The number of benzene rings is 2. The molecule has 1 aliphatic heterocycles. The molecule has 1 atom stereocenters. The van der Waals surface area contributed by atoms with Gasteiger partial charge >= 0.3 is 6.03 Å². The van der Waals surface area contributed by atoms with Crippen molar-refractivity contribution in [1.29, 1.82) is 0 Å². The minimum absolute atomic E-state index is 0.0140. The lowest BCUT2D eigenvalue weighted by atomic mass is 9.92. The topological polar surface area (TPSA) is 96.3 Å². The Morgan fingerprint density at radius 1 is 1.22 bits per heavy atom. The van der Waals surface area contributed by atoms with Gasteiger partial charge < -0.3 is 9.88 Å². The third-order valence-electron chi connectivity index (χ3n) is 5.23. The van der Waals surface area contributed by atoms with Gasteiger partial charge in [0.1, 0.15) is 5.54 Å². The van der Waals surface area contributed by atoms with Gasteiger partial charge in [-0.3, -0.25) is 15.0 Å². The molecule has 0 spiro atoms. The number of urea groups is 1. The van der Waals surface area contributed by atoms with Gasteiger partial charge in [0, 0.05) is 11.6 Å². The molecule has 4 amide bonds. The van der Waals surface area contributed by atoms with Gasteiger partial charge in [-0.2, -0.15) is 5.01 Å². The highest BCUT2D eigenvalue weighted by atomic mass is 35.5. The van der Waals surface area contributed by atoms with Gasteiger partial charge in [-0.25, -0.2) is 9.78 Å². The Labute approximate surface area is 194 Å². The number of amides is 4. The molecule has 1 aliphatic rings. The molecule has 0 aliphatic carbocycles. The number of aryl methyl sites for hydroxylation is 1. The quantitative estimate of drug-likeness (QED) is 0.404. The highest BCUT2D eigenvalue weighted by Gasteiger charge is 2.49. The van der Waals surface area contributed by atoms with Gasteiger partial charge in [-0.05, 0) is 37.1 Å². The molecule has 1 saturated heterocycles. The number of nitrogens with zero attached hydrogens (tertiary/aromatic N) is 3. The van der Waals surface area contributed by atoms with Crippen LogP contribution >= 0.6 is 23.4 Å². The van der Waals surface area contributed by atoms with E-state index in [2.05, 4.69) is 22.7 Å². The van der Waals surface area contributed by atoms with Crippen molar-refractivity contribution in [3.8, 4) is 0 Å². The summed E-state index contributed by atoms with van der Waals surface area (Å²) in [7, 11) is 0. The van der Waals surface area contributed by atoms with E-state index in [1.54, 1.807) is 43.3 Å². The Kier molecular flexibility index (Phi) is 6.12. The number of thioether (sulfide) groups is 1. The van der Waals surface area contributed by atoms with E-state index in [-0.39, 0.29) is 5.75 Å². The van der Waals surface area contributed by atoms with Crippen molar-refractivity contribution in [3.05, 3.63) is 59.1 Å². The lowest BCUT2D eigenvalue weighted by Crippen LogP contribution is -2.48. The van der Waals surface area contributed by atoms with Crippen LogP contribution in [0.2, 0.25) is 5.02 Å². The van der Waals surface area contributed by atoms with Gasteiger partial charge in [0.25, 0.3) is 5.91 Å². The van der Waals surface area contributed by atoms with Crippen molar-refractivity contribution in [2.45, 2.75) is 37.5 Å². The molecule has 1 unspecified atom stereocenters. The Morgan fingerprint density at radius 2 is 1.97 bits per heavy atom. The van der Waals surface area contributed by atoms with Crippen LogP contribution in [0.15, 0.2) is 53.7 Å². The van der Waals surface area contributed by atoms with Crippen LogP contribution in [0.5, 0.6) is 0 Å². The largest absolute Gasteiger partial charge is 0.344 e. The molecule has 10 heteroatoms. The Hall–Kier alpha value is -3.04. The van der Waals surface area contributed by atoms with Crippen LogP contribution in [0.1, 0.15) is 25.8 Å². The zero-order chi connectivity index (χ0) is 22.9. The van der Waals surface area contributed by atoms with E-state index in [0.29, 0.717) is 15.7 Å². The van der Waals surface area contributed by atoms with E-state index in [1.807, 2.05) is 16.7 Å². The summed E-state index contributed by atoms with van der Waals surface area (Å²) in [5.74, 6) is -1.04. The van der Waals surface area contributed by atoms with Crippen LogP contribution in [-0.2, 0) is 21.7 Å². The van der Waals surface area contributed by atoms with E-state index in [4.69, 9.17) is 11.6 Å². The average molecular weight is 472 g/mol. The van der Waals surface area contributed by atoms with Gasteiger partial charge in [0.05, 0.1) is 16.8 Å². The van der Waals surface area contributed by atoms with Crippen molar-refractivity contribution in [2.24, 2.45) is 0 Å². The fourth-order valence-corrected chi connectivity index (χ4v) is 4.62. The maximum atomic E-state index is 12.9. The summed E-state index contributed by atoms with van der Waals surface area (Å²) in [5, 5.41) is 4.66. The van der Waals surface area contributed by atoms with E-state index in [1.165, 1.54) is 11.8 Å². The Morgan fingerprint density at radius 3 is 2.69 bits per heavy atom. The third-order valence-corrected chi connectivity index (χ3v) is 6.44. The minimum atomic E-state index is -1.24. The number of fused-ring (bicyclic) bond motifs is 1. The van der Waals surface area contributed by atoms with Gasteiger partial charge in [-0.1, -0.05) is 60.6 Å².